The van der Waals surface area contributed by atoms with Gasteiger partial charge < -0.3 is 15.2 Å². The molecule has 0 atom stereocenters. The Morgan fingerprint density at radius 3 is 2.58 bits per heavy atom. The Labute approximate surface area is 217 Å². The number of para-hydroxylation sites is 2. The number of rotatable bonds is 11. The van der Waals surface area contributed by atoms with Crippen molar-refractivity contribution in [2.45, 2.75) is 24.7 Å². The van der Waals surface area contributed by atoms with Crippen molar-refractivity contribution in [2.75, 3.05) is 16.4 Å². The summed E-state index contributed by atoms with van der Waals surface area (Å²) in [5.74, 6) is 0.370. The highest BCUT2D eigenvalue weighted by Crippen LogP contribution is 2.25. The molecule has 1 amide bonds. The molecule has 2 N–H and O–H groups in total. The number of nitro benzene ring substituents is 1. The fourth-order valence-corrected chi connectivity index (χ4v) is 4.47. The smallest absolute Gasteiger partial charge is 0.292 e. The van der Waals surface area contributed by atoms with Crippen LogP contribution in [0, 0.1) is 10.1 Å². The van der Waals surface area contributed by atoms with Crippen LogP contribution in [0.4, 0.5) is 17.1 Å². The Bertz CT molecular complexity index is 1350. The molecule has 0 fully saturated rings. The molecule has 4 aromatic rings. The van der Waals surface area contributed by atoms with Crippen molar-refractivity contribution >= 4 is 46.3 Å². The van der Waals surface area contributed by atoms with Gasteiger partial charge in [-0.2, -0.15) is 0 Å². The number of nitrogens with zero attached hydrogens (tertiary/aromatic N) is 4. The van der Waals surface area contributed by atoms with Gasteiger partial charge in [0.15, 0.2) is 11.0 Å². The number of nitrogens with one attached hydrogen (secondary N) is 2. The normalized spacial score (nSPS) is 10.7. The lowest BCUT2D eigenvalue weighted by atomic mass is 10.1. The van der Waals surface area contributed by atoms with Crippen LogP contribution in [0.1, 0.15) is 11.4 Å². The first-order valence-electron chi connectivity index (χ1n) is 11.1. The number of hydrogen-bond acceptors (Lipinski definition) is 7. The predicted octanol–water partition coefficient (Wildman–Crippen LogP) is 5.43. The maximum Gasteiger partial charge on any atom is 0.292 e. The zero-order valence-corrected chi connectivity index (χ0v) is 20.7. The fraction of sp³-hybridized carbons (Fsp3) is 0.160. The molecule has 9 nitrogen and oxygen atoms in total. The van der Waals surface area contributed by atoms with Crippen LogP contribution >= 0.6 is 23.4 Å². The zero-order chi connectivity index (χ0) is 25.3. The molecule has 0 bridgehead atoms. The molecule has 11 heteroatoms. The molecular formula is C25H23ClN6O3S. The third kappa shape index (κ3) is 6.83. The van der Waals surface area contributed by atoms with E-state index in [1.165, 1.54) is 29.5 Å². The van der Waals surface area contributed by atoms with Gasteiger partial charge in [0.2, 0.25) is 5.91 Å². The minimum Gasteiger partial charge on any atom is -0.378 e. The second kappa shape index (κ2) is 12.2. The summed E-state index contributed by atoms with van der Waals surface area (Å²) in [7, 11) is 0. The fourth-order valence-electron chi connectivity index (χ4n) is 3.50. The van der Waals surface area contributed by atoms with Crippen LogP contribution in [0.3, 0.4) is 0 Å². The van der Waals surface area contributed by atoms with Crippen molar-refractivity contribution in [1.29, 1.82) is 0 Å². The molecule has 0 saturated heterocycles. The summed E-state index contributed by atoms with van der Waals surface area (Å²) in [6, 6.07) is 23.5. The van der Waals surface area contributed by atoms with E-state index < -0.39 is 4.92 Å². The van der Waals surface area contributed by atoms with Crippen molar-refractivity contribution in [1.82, 2.24) is 14.8 Å². The van der Waals surface area contributed by atoms with Crippen molar-refractivity contribution < 1.29 is 9.72 Å². The van der Waals surface area contributed by atoms with Crippen molar-refractivity contribution in [3.63, 3.8) is 0 Å². The van der Waals surface area contributed by atoms with Gasteiger partial charge in [-0.15, -0.1) is 10.2 Å². The number of carbonyl (C=O) groups is 1. The van der Waals surface area contributed by atoms with Crippen molar-refractivity contribution in [3.8, 4) is 0 Å². The highest BCUT2D eigenvalue weighted by Gasteiger charge is 2.17. The molecule has 184 valence electrons. The standard InChI is InChI=1S/C25H23ClN6O3S/c26-19-9-6-10-20(15-19)27-16-23-29-30-25(31(23)14-13-18-7-2-1-3-8-18)36-17-24(33)28-21-11-4-5-12-22(21)32(34)35/h1-12,15,27H,13-14,16-17H2,(H,28,33). The zero-order valence-electron chi connectivity index (χ0n) is 19.1. The van der Waals surface area contributed by atoms with Gasteiger partial charge in [0.25, 0.3) is 5.69 Å². The highest BCUT2D eigenvalue weighted by atomic mass is 35.5. The van der Waals surface area contributed by atoms with Gasteiger partial charge in [-0.3, -0.25) is 14.9 Å². The number of amides is 1. The topological polar surface area (TPSA) is 115 Å². The average molecular weight is 523 g/mol. The van der Waals surface area contributed by atoms with Crippen LogP contribution in [0.5, 0.6) is 0 Å². The molecule has 0 aliphatic carbocycles. The highest BCUT2D eigenvalue weighted by molar-refractivity contribution is 7.99. The van der Waals surface area contributed by atoms with Crippen molar-refractivity contribution in [3.05, 3.63) is 105 Å². The summed E-state index contributed by atoms with van der Waals surface area (Å²) in [6.07, 6.45) is 0.763. The van der Waals surface area contributed by atoms with E-state index in [4.69, 9.17) is 11.6 Å². The average Bonchev–Trinajstić information content (AvgIpc) is 3.27. The first-order chi connectivity index (χ1) is 17.5. The number of thioether (sulfide) groups is 1. The van der Waals surface area contributed by atoms with Gasteiger partial charge in [0.1, 0.15) is 5.69 Å². The molecule has 3 aromatic carbocycles. The minimum absolute atomic E-state index is 0.0250. The van der Waals surface area contributed by atoms with Crippen LogP contribution in [0.25, 0.3) is 0 Å². The van der Waals surface area contributed by atoms with Crippen LogP contribution in [-0.4, -0.2) is 31.3 Å². The molecular weight excluding hydrogens is 500 g/mol. The number of benzene rings is 3. The first kappa shape index (κ1) is 25.2. The third-order valence-electron chi connectivity index (χ3n) is 5.24. The number of anilines is 2. The summed E-state index contributed by atoms with van der Waals surface area (Å²) < 4.78 is 1.98. The van der Waals surface area contributed by atoms with Crippen LogP contribution in [0.15, 0.2) is 84.0 Å². The SMILES string of the molecule is O=C(CSc1nnc(CNc2cccc(Cl)c2)n1CCc1ccccc1)Nc1ccccc1[N+](=O)[O-]. The van der Waals surface area contributed by atoms with E-state index >= 15 is 0 Å². The van der Waals surface area contributed by atoms with Gasteiger partial charge >= 0.3 is 0 Å². The second-order valence-corrected chi connectivity index (χ2v) is 9.14. The molecule has 0 radical (unpaired) electrons. The van der Waals surface area contributed by atoms with E-state index in [2.05, 4.69) is 33.0 Å². The lowest BCUT2D eigenvalue weighted by molar-refractivity contribution is -0.383. The maximum absolute atomic E-state index is 12.6. The van der Waals surface area contributed by atoms with Gasteiger partial charge in [0.05, 0.1) is 17.2 Å². The van der Waals surface area contributed by atoms with Gasteiger partial charge in [-0.1, -0.05) is 71.9 Å². The summed E-state index contributed by atoms with van der Waals surface area (Å²) >= 11 is 7.31. The van der Waals surface area contributed by atoms with Gasteiger partial charge in [-0.05, 0) is 36.2 Å². The molecule has 0 saturated carbocycles. The Morgan fingerprint density at radius 1 is 1.03 bits per heavy atom. The van der Waals surface area contributed by atoms with E-state index in [-0.39, 0.29) is 23.0 Å². The summed E-state index contributed by atoms with van der Waals surface area (Å²) in [6.45, 7) is 1.04. The summed E-state index contributed by atoms with van der Waals surface area (Å²) in [5, 5.41) is 27.0. The number of halogens is 1. The molecule has 0 aliphatic rings. The summed E-state index contributed by atoms with van der Waals surface area (Å²) in [5.41, 5.74) is 2.03. The Hall–Kier alpha value is -3.89. The quantitative estimate of drug-likeness (QED) is 0.153. The lowest BCUT2D eigenvalue weighted by Gasteiger charge is -2.12. The number of carbonyl (C=O) groups excluding carboxylic acids is 1. The predicted molar refractivity (Wildman–Crippen MR) is 141 cm³/mol. The molecule has 1 aromatic heterocycles. The second-order valence-electron chi connectivity index (χ2n) is 7.76. The van der Waals surface area contributed by atoms with Gasteiger partial charge in [0, 0.05) is 23.3 Å². The third-order valence-corrected chi connectivity index (χ3v) is 6.44. The maximum atomic E-state index is 12.6. The Morgan fingerprint density at radius 2 is 1.81 bits per heavy atom. The number of aryl methyl sites for hydroxylation is 1. The number of aromatic nitrogens is 3. The molecule has 0 aliphatic heterocycles. The van der Waals surface area contributed by atoms with Crippen LogP contribution < -0.4 is 10.6 Å². The van der Waals surface area contributed by atoms with E-state index in [0.29, 0.717) is 29.1 Å². The largest absolute Gasteiger partial charge is 0.378 e. The first-order valence-corrected chi connectivity index (χ1v) is 12.5. The van der Waals surface area contributed by atoms with Crippen molar-refractivity contribution in [2.24, 2.45) is 0 Å². The Balaban J connectivity index is 1.46. The van der Waals surface area contributed by atoms with Crippen LogP contribution in [0.2, 0.25) is 5.02 Å². The minimum atomic E-state index is -0.526. The number of hydrogen-bond donors (Lipinski definition) is 2. The van der Waals surface area contributed by atoms with Gasteiger partial charge in [-0.25, -0.2) is 0 Å². The summed E-state index contributed by atoms with van der Waals surface area (Å²) in [4.78, 5) is 23.3. The monoisotopic (exact) mass is 522 g/mol. The molecule has 1 heterocycles. The molecule has 36 heavy (non-hydrogen) atoms. The van der Waals surface area contributed by atoms with E-state index in [0.717, 1.165) is 12.1 Å². The lowest BCUT2D eigenvalue weighted by Crippen LogP contribution is -2.16. The van der Waals surface area contributed by atoms with E-state index in [9.17, 15) is 14.9 Å². The molecule has 0 unspecified atom stereocenters. The van der Waals surface area contributed by atoms with Crippen LogP contribution in [-0.2, 0) is 24.3 Å². The molecule has 4 rings (SSSR count). The van der Waals surface area contributed by atoms with E-state index in [1.807, 2.05) is 41.0 Å². The number of nitro groups is 1. The van der Waals surface area contributed by atoms with E-state index in [1.54, 1.807) is 18.2 Å². The molecule has 0 spiro atoms. The Kier molecular flexibility index (Phi) is 8.53.